The van der Waals surface area contributed by atoms with E-state index in [4.69, 9.17) is 11.6 Å². The molecule has 1 atom stereocenters. The number of nitrogens with zero attached hydrogens (tertiary/aromatic N) is 2. The van der Waals surface area contributed by atoms with Crippen LogP contribution in [-0.2, 0) is 13.5 Å². The minimum absolute atomic E-state index is 0.146. The number of rotatable bonds is 5. The lowest BCUT2D eigenvalue weighted by Crippen LogP contribution is -2.23. The van der Waals surface area contributed by atoms with Crippen LogP contribution in [0.3, 0.4) is 0 Å². The van der Waals surface area contributed by atoms with Crippen LogP contribution in [0.25, 0.3) is 0 Å². The third-order valence-electron chi connectivity index (χ3n) is 3.26. The van der Waals surface area contributed by atoms with E-state index in [2.05, 4.69) is 17.3 Å². The first kappa shape index (κ1) is 15.0. The quantitative estimate of drug-likeness (QED) is 0.915. The van der Waals surface area contributed by atoms with E-state index < -0.39 is 0 Å². The largest absolute Gasteiger partial charge is 0.306 e. The summed E-state index contributed by atoms with van der Waals surface area (Å²) < 4.78 is 15.3. The van der Waals surface area contributed by atoms with Crippen molar-refractivity contribution in [3.63, 3.8) is 0 Å². The fourth-order valence-corrected chi connectivity index (χ4v) is 2.62. The summed E-state index contributed by atoms with van der Waals surface area (Å²) in [6.07, 6.45) is 2.79. The van der Waals surface area contributed by atoms with Gasteiger partial charge in [-0.1, -0.05) is 25.4 Å². The molecule has 0 radical (unpaired) electrons. The Labute approximate surface area is 123 Å². The molecule has 1 aromatic carbocycles. The maximum absolute atomic E-state index is 13.5. The molecule has 0 saturated carbocycles. The fraction of sp³-hybridized carbons (Fsp3) is 0.400. The first-order valence-corrected chi connectivity index (χ1v) is 7.15. The molecule has 0 aliphatic carbocycles. The van der Waals surface area contributed by atoms with Gasteiger partial charge in [-0.15, -0.1) is 0 Å². The summed E-state index contributed by atoms with van der Waals surface area (Å²) in [6, 6.07) is 4.31. The number of aromatic nitrogens is 2. The Morgan fingerprint density at radius 1 is 1.35 bits per heavy atom. The van der Waals surface area contributed by atoms with Crippen molar-refractivity contribution >= 4 is 11.6 Å². The molecule has 0 fully saturated rings. The van der Waals surface area contributed by atoms with Crippen molar-refractivity contribution in [2.45, 2.75) is 26.3 Å². The molecule has 2 aromatic rings. The zero-order valence-corrected chi connectivity index (χ0v) is 12.7. The van der Waals surface area contributed by atoms with E-state index in [-0.39, 0.29) is 11.9 Å². The van der Waals surface area contributed by atoms with Gasteiger partial charge in [-0.2, -0.15) is 5.10 Å². The Balaban J connectivity index is 2.52. The molecule has 1 aromatic heterocycles. The molecule has 0 bridgehead atoms. The summed E-state index contributed by atoms with van der Waals surface area (Å²) in [5, 5.41) is 8.38. The van der Waals surface area contributed by atoms with Crippen LogP contribution in [0.5, 0.6) is 0 Å². The molecule has 1 heterocycles. The monoisotopic (exact) mass is 295 g/mol. The Hall–Kier alpha value is -1.39. The maximum atomic E-state index is 13.5. The van der Waals surface area contributed by atoms with Crippen LogP contribution >= 0.6 is 11.6 Å². The highest BCUT2D eigenvalue weighted by Crippen LogP contribution is 2.30. The molecular weight excluding hydrogens is 277 g/mol. The van der Waals surface area contributed by atoms with Gasteiger partial charge in [-0.3, -0.25) is 4.68 Å². The average Bonchev–Trinajstić information content (AvgIpc) is 2.80. The lowest BCUT2D eigenvalue weighted by Gasteiger charge is -2.19. The molecule has 3 nitrogen and oxygen atoms in total. The topological polar surface area (TPSA) is 29.9 Å². The van der Waals surface area contributed by atoms with Gasteiger partial charge in [0.1, 0.15) is 5.82 Å². The number of hydrogen-bond donors (Lipinski definition) is 1. The van der Waals surface area contributed by atoms with Crippen LogP contribution in [0.2, 0.25) is 5.02 Å². The minimum Gasteiger partial charge on any atom is -0.306 e. The van der Waals surface area contributed by atoms with Crippen LogP contribution in [0.4, 0.5) is 4.39 Å². The molecule has 1 unspecified atom stereocenters. The second-order valence-electron chi connectivity index (χ2n) is 4.71. The van der Waals surface area contributed by atoms with E-state index in [0.29, 0.717) is 5.02 Å². The third kappa shape index (κ3) is 3.02. The van der Waals surface area contributed by atoms with Crippen LogP contribution in [0.1, 0.15) is 36.7 Å². The van der Waals surface area contributed by atoms with E-state index in [9.17, 15) is 4.39 Å². The SMILES string of the molecule is CCNC(c1cc(F)ccc1Cl)c1cn(C)nc1CC. The van der Waals surface area contributed by atoms with Gasteiger partial charge >= 0.3 is 0 Å². The highest BCUT2D eigenvalue weighted by molar-refractivity contribution is 6.31. The van der Waals surface area contributed by atoms with Crippen molar-refractivity contribution < 1.29 is 4.39 Å². The van der Waals surface area contributed by atoms with Gasteiger partial charge in [0, 0.05) is 23.8 Å². The summed E-state index contributed by atoms with van der Waals surface area (Å²) >= 11 is 6.25. The normalized spacial score (nSPS) is 12.7. The Morgan fingerprint density at radius 2 is 2.10 bits per heavy atom. The Kier molecular flexibility index (Phi) is 4.78. The highest BCUT2D eigenvalue weighted by atomic mass is 35.5. The molecule has 0 saturated heterocycles. The van der Waals surface area contributed by atoms with E-state index in [0.717, 1.165) is 29.8 Å². The standard InChI is InChI=1S/C15H19ClFN3/c1-4-14-12(9-20(3)19-14)15(18-5-2)11-8-10(17)6-7-13(11)16/h6-9,15,18H,4-5H2,1-3H3. The van der Waals surface area contributed by atoms with Crippen LogP contribution in [0, 0.1) is 5.82 Å². The molecule has 1 N–H and O–H groups in total. The molecular formula is C15H19ClFN3. The van der Waals surface area contributed by atoms with Crippen molar-refractivity contribution in [2.75, 3.05) is 6.54 Å². The van der Waals surface area contributed by atoms with Crippen LogP contribution in [-0.4, -0.2) is 16.3 Å². The highest BCUT2D eigenvalue weighted by Gasteiger charge is 2.21. The predicted molar refractivity (Wildman–Crippen MR) is 79.5 cm³/mol. The van der Waals surface area contributed by atoms with E-state index in [1.807, 2.05) is 20.2 Å². The first-order valence-electron chi connectivity index (χ1n) is 6.77. The smallest absolute Gasteiger partial charge is 0.123 e. The van der Waals surface area contributed by atoms with Gasteiger partial charge in [0.2, 0.25) is 0 Å². The Morgan fingerprint density at radius 3 is 2.75 bits per heavy atom. The van der Waals surface area contributed by atoms with E-state index >= 15 is 0 Å². The summed E-state index contributed by atoms with van der Waals surface area (Å²) in [7, 11) is 1.89. The molecule has 5 heteroatoms. The summed E-state index contributed by atoms with van der Waals surface area (Å²) in [6.45, 7) is 4.83. The second kappa shape index (κ2) is 6.37. The van der Waals surface area contributed by atoms with Crippen molar-refractivity contribution in [1.82, 2.24) is 15.1 Å². The molecule has 108 valence electrons. The lowest BCUT2D eigenvalue weighted by molar-refractivity contribution is 0.601. The predicted octanol–water partition coefficient (Wildman–Crippen LogP) is 3.47. The zero-order valence-electron chi connectivity index (χ0n) is 12.0. The van der Waals surface area contributed by atoms with Crippen molar-refractivity contribution in [1.29, 1.82) is 0 Å². The zero-order chi connectivity index (χ0) is 14.7. The van der Waals surface area contributed by atoms with Gasteiger partial charge in [0.25, 0.3) is 0 Å². The number of hydrogen-bond acceptors (Lipinski definition) is 2. The number of benzene rings is 1. The Bertz CT molecular complexity index is 595. The fourth-order valence-electron chi connectivity index (χ4n) is 2.40. The van der Waals surface area contributed by atoms with Gasteiger partial charge < -0.3 is 5.32 Å². The number of halogens is 2. The minimum atomic E-state index is -0.283. The average molecular weight is 296 g/mol. The van der Waals surface area contributed by atoms with Gasteiger partial charge in [0.05, 0.1) is 11.7 Å². The molecule has 0 spiro atoms. The third-order valence-corrected chi connectivity index (χ3v) is 3.60. The van der Waals surface area contributed by atoms with Gasteiger partial charge in [-0.25, -0.2) is 4.39 Å². The molecule has 20 heavy (non-hydrogen) atoms. The van der Waals surface area contributed by atoms with E-state index in [1.165, 1.54) is 12.1 Å². The molecule has 2 rings (SSSR count). The van der Waals surface area contributed by atoms with Crippen molar-refractivity contribution in [3.05, 3.63) is 52.1 Å². The summed E-state index contributed by atoms with van der Waals surface area (Å²) in [5.74, 6) is -0.283. The van der Waals surface area contributed by atoms with Crippen molar-refractivity contribution in [3.8, 4) is 0 Å². The van der Waals surface area contributed by atoms with Crippen LogP contribution < -0.4 is 5.32 Å². The number of nitrogens with one attached hydrogen (secondary N) is 1. The summed E-state index contributed by atoms with van der Waals surface area (Å²) in [5.41, 5.74) is 2.79. The first-order chi connectivity index (χ1) is 9.56. The summed E-state index contributed by atoms with van der Waals surface area (Å²) in [4.78, 5) is 0. The van der Waals surface area contributed by atoms with E-state index in [1.54, 1.807) is 10.7 Å². The molecule has 0 aliphatic rings. The van der Waals surface area contributed by atoms with Crippen molar-refractivity contribution in [2.24, 2.45) is 7.05 Å². The van der Waals surface area contributed by atoms with Crippen LogP contribution in [0.15, 0.2) is 24.4 Å². The number of aryl methyl sites for hydroxylation is 2. The van der Waals surface area contributed by atoms with Gasteiger partial charge in [0.15, 0.2) is 0 Å². The molecule has 0 amide bonds. The lowest BCUT2D eigenvalue weighted by atomic mass is 9.98. The van der Waals surface area contributed by atoms with Gasteiger partial charge in [-0.05, 0) is 36.7 Å². The molecule has 0 aliphatic heterocycles. The maximum Gasteiger partial charge on any atom is 0.123 e. The second-order valence-corrected chi connectivity index (χ2v) is 5.12.